The second kappa shape index (κ2) is 6.70. The van der Waals surface area contributed by atoms with Crippen LogP contribution in [0.3, 0.4) is 0 Å². The van der Waals surface area contributed by atoms with Gasteiger partial charge in [-0.2, -0.15) is 5.48 Å². The van der Waals surface area contributed by atoms with Crippen molar-refractivity contribution in [3.63, 3.8) is 0 Å². The van der Waals surface area contributed by atoms with Crippen LogP contribution >= 0.6 is 0 Å². The third-order valence-electron chi connectivity index (χ3n) is 2.89. The first-order valence-corrected chi connectivity index (χ1v) is 6.22. The Kier molecular flexibility index (Phi) is 4.70. The molecule has 1 atom stereocenters. The van der Waals surface area contributed by atoms with Gasteiger partial charge in [0.05, 0.1) is 0 Å². The van der Waals surface area contributed by atoms with E-state index in [0.717, 1.165) is 5.56 Å². The summed E-state index contributed by atoms with van der Waals surface area (Å²) in [6.07, 6.45) is 0.315. The number of rotatable bonds is 5. The van der Waals surface area contributed by atoms with Crippen LogP contribution in [0.4, 0.5) is 5.69 Å². The predicted molar refractivity (Wildman–Crippen MR) is 75.6 cm³/mol. The molecule has 0 bridgehead atoms. The molecule has 0 aliphatic carbocycles. The number of phenolic OH excluding ortho intramolecular Hbond substituents is 1. The van der Waals surface area contributed by atoms with E-state index in [1.165, 1.54) is 0 Å². The average molecular weight is 272 g/mol. The first-order chi connectivity index (χ1) is 9.69. The van der Waals surface area contributed by atoms with E-state index in [0.29, 0.717) is 12.1 Å². The van der Waals surface area contributed by atoms with Gasteiger partial charge in [-0.1, -0.05) is 30.3 Å². The molecule has 104 valence electrons. The molecule has 4 N–H and O–H groups in total. The van der Waals surface area contributed by atoms with Crippen molar-refractivity contribution in [1.29, 1.82) is 0 Å². The average Bonchev–Trinajstić information content (AvgIpc) is 2.47. The lowest BCUT2D eigenvalue weighted by Gasteiger charge is -2.15. The molecule has 2 rings (SSSR count). The van der Waals surface area contributed by atoms with Gasteiger partial charge in [-0.15, -0.1) is 0 Å². The molecule has 1 amide bonds. The van der Waals surface area contributed by atoms with Gasteiger partial charge in [-0.3, -0.25) is 4.79 Å². The maximum absolute atomic E-state index is 12.0. The fourth-order valence-corrected chi connectivity index (χ4v) is 1.82. The Morgan fingerprint density at radius 1 is 1.05 bits per heavy atom. The Labute approximate surface area is 116 Å². The van der Waals surface area contributed by atoms with Crippen LogP contribution in [0.2, 0.25) is 0 Å². The topological polar surface area (TPSA) is 81.6 Å². The molecule has 0 aromatic heterocycles. The summed E-state index contributed by atoms with van der Waals surface area (Å²) in [6, 6.07) is 14.8. The molecule has 0 saturated heterocycles. The summed E-state index contributed by atoms with van der Waals surface area (Å²) in [5.41, 5.74) is 3.51. The molecule has 2 aromatic carbocycles. The lowest BCUT2D eigenvalue weighted by atomic mass is 10.1. The van der Waals surface area contributed by atoms with Crippen LogP contribution in [0.25, 0.3) is 0 Å². The number of carbonyl (C=O) groups is 1. The summed E-state index contributed by atoms with van der Waals surface area (Å²) in [5, 5.41) is 21.1. The maximum atomic E-state index is 12.0. The number of hydroxylamine groups is 1. The van der Waals surface area contributed by atoms with Crippen molar-refractivity contribution in [2.45, 2.75) is 12.5 Å². The van der Waals surface area contributed by atoms with Crippen LogP contribution in [0.15, 0.2) is 54.6 Å². The largest absolute Gasteiger partial charge is 0.508 e. The Bertz CT molecular complexity index is 555. The number of nitrogens with one attached hydrogen (secondary N) is 2. The highest BCUT2D eigenvalue weighted by Gasteiger charge is 2.18. The van der Waals surface area contributed by atoms with Crippen LogP contribution < -0.4 is 10.8 Å². The van der Waals surface area contributed by atoms with Crippen molar-refractivity contribution in [1.82, 2.24) is 5.48 Å². The van der Waals surface area contributed by atoms with Crippen molar-refractivity contribution in [3.8, 4) is 5.75 Å². The number of hydrogen-bond acceptors (Lipinski definition) is 4. The zero-order chi connectivity index (χ0) is 14.4. The van der Waals surface area contributed by atoms with Gasteiger partial charge in [-0.25, -0.2) is 0 Å². The molecule has 0 heterocycles. The zero-order valence-corrected chi connectivity index (χ0v) is 10.8. The van der Waals surface area contributed by atoms with Gasteiger partial charge in [-0.05, 0) is 36.2 Å². The van der Waals surface area contributed by atoms with Gasteiger partial charge >= 0.3 is 0 Å². The predicted octanol–water partition coefficient (Wildman–Crippen LogP) is 1.92. The first kappa shape index (κ1) is 14.0. The standard InChI is InChI=1S/C15H16N2O3/c18-13-8-6-11(7-9-13)10-14(17-20)15(19)16-12-4-2-1-3-5-12/h1-9,14,17-18,20H,10H2,(H,16,19)/t14-/m0/s1. The van der Waals surface area contributed by atoms with E-state index in [9.17, 15) is 9.90 Å². The van der Waals surface area contributed by atoms with Crippen molar-refractivity contribution in [2.75, 3.05) is 5.32 Å². The minimum absolute atomic E-state index is 0.163. The van der Waals surface area contributed by atoms with E-state index >= 15 is 0 Å². The van der Waals surface area contributed by atoms with E-state index in [1.54, 1.807) is 36.4 Å². The van der Waals surface area contributed by atoms with Crippen LogP contribution in [0, 0.1) is 0 Å². The summed E-state index contributed by atoms with van der Waals surface area (Å²) in [7, 11) is 0. The van der Waals surface area contributed by atoms with Crippen molar-refractivity contribution in [2.24, 2.45) is 0 Å². The fraction of sp³-hybridized carbons (Fsp3) is 0.133. The molecule has 0 unspecified atom stereocenters. The minimum Gasteiger partial charge on any atom is -0.508 e. The first-order valence-electron chi connectivity index (χ1n) is 6.22. The Hall–Kier alpha value is -2.37. The van der Waals surface area contributed by atoms with E-state index in [2.05, 4.69) is 5.32 Å². The normalized spacial score (nSPS) is 11.8. The van der Waals surface area contributed by atoms with Gasteiger partial charge in [0.2, 0.25) is 5.91 Å². The quantitative estimate of drug-likeness (QED) is 0.627. The highest BCUT2D eigenvalue weighted by atomic mass is 16.5. The molecular formula is C15H16N2O3. The van der Waals surface area contributed by atoms with Gasteiger partial charge in [0.25, 0.3) is 0 Å². The summed E-state index contributed by atoms with van der Waals surface area (Å²) in [6.45, 7) is 0. The molecular weight excluding hydrogens is 256 g/mol. The molecule has 2 aromatic rings. The molecule has 5 heteroatoms. The zero-order valence-electron chi connectivity index (χ0n) is 10.8. The second-order valence-electron chi connectivity index (χ2n) is 4.41. The summed E-state index contributed by atoms with van der Waals surface area (Å²) < 4.78 is 0. The van der Waals surface area contributed by atoms with E-state index in [1.807, 2.05) is 23.7 Å². The number of para-hydroxylation sites is 1. The third-order valence-corrected chi connectivity index (χ3v) is 2.89. The Morgan fingerprint density at radius 3 is 2.30 bits per heavy atom. The van der Waals surface area contributed by atoms with Gasteiger partial charge in [0, 0.05) is 5.69 Å². The van der Waals surface area contributed by atoms with Gasteiger partial charge < -0.3 is 15.6 Å². The number of aromatic hydroxyl groups is 1. The van der Waals surface area contributed by atoms with Crippen LogP contribution in [-0.2, 0) is 11.2 Å². The second-order valence-corrected chi connectivity index (χ2v) is 4.41. The van der Waals surface area contributed by atoms with Gasteiger partial charge in [0.1, 0.15) is 11.8 Å². The lowest BCUT2D eigenvalue weighted by molar-refractivity contribution is -0.120. The number of amides is 1. The molecule has 0 aliphatic heterocycles. The lowest BCUT2D eigenvalue weighted by Crippen LogP contribution is -2.40. The van der Waals surface area contributed by atoms with Gasteiger partial charge in [0.15, 0.2) is 0 Å². The monoisotopic (exact) mass is 272 g/mol. The number of benzene rings is 2. The Morgan fingerprint density at radius 2 is 1.70 bits per heavy atom. The molecule has 20 heavy (non-hydrogen) atoms. The number of phenols is 1. The maximum Gasteiger partial charge on any atom is 0.244 e. The number of anilines is 1. The van der Waals surface area contributed by atoms with Crippen molar-refractivity contribution in [3.05, 3.63) is 60.2 Å². The highest BCUT2D eigenvalue weighted by Crippen LogP contribution is 2.12. The molecule has 0 saturated carbocycles. The summed E-state index contributed by atoms with van der Waals surface area (Å²) >= 11 is 0. The SMILES string of the molecule is O=C(Nc1ccccc1)[C@H](Cc1ccc(O)cc1)NO. The highest BCUT2D eigenvalue weighted by molar-refractivity contribution is 5.94. The molecule has 0 aliphatic rings. The van der Waals surface area contributed by atoms with E-state index in [-0.39, 0.29) is 11.7 Å². The molecule has 0 fully saturated rings. The molecule has 0 radical (unpaired) electrons. The Balaban J connectivity index is 2.00. The smallest absolute Gasteiger partial charge is 0.244 e. The molecule has 5 nitrogen and oxygen atoms in total. The van der Waals surface area contributed by atoms with Crippen LogP contribution in [-0.4, -0.2) is 22.3 Å². The van der Waals surface area contributed by atoms with E-state index < -0.39 is 6.04 Å². The van der Waals surface area contributed by atoms with Crippen LogP contribution in [0.5, 0.6) is 5.75 Å². The number of hydrogen-bond donors (Lipinski definition) is 4. The summed E-state index contributed by atoms with van der Waals surface area (Å²) in [4.78, 5) is 12.0. The third kappa shape index (κ3) is 3.81. The fourth-order valence-electron chi connectivity index (χ4n) is 1.82. The van der Waals surface area contributed by atoms with Crippen LogP contribution in [0.1, 0.15) is 5.56 Å². The molecule has 0 spiro atoms. The number of carbonyl (C=O) groups excluding carboxylic acids is 1. The minimum atomic E-state index is -0.764. The van der Waals surface area contributed by atoms with Crippen molar-refractivity contribution < 1.29 is 15.1 Å². The summed E-state index contributed by atoms with van der Waals surface area (Å²) in [5.74, 6) is -0.164. The van der Waals surface area contributed by atoms with E-state index in [4.69, 9.17) is 5.21 Å². The van der Waals surface area contributed by atoms with Crippen molar-refractivity contribution >= 4 is 11.6 Å².